The molecule has 0 unspecified atom stereocenters. The number of aryl methyl sites for hydroxylation is 1. The van der Waals surface area contributed by atoms with E-state index in [1.807, 2.05) is 37.3 Å². The van der Waals surface area contributed by atoms with Crippen LogP contribution in [-0.2, 0) is 11.2 Å². The highest BCUT2D eigenvalue weighted by Crippen LogP contribution is 2.20. The molecule has 0 aliphatic heterocycles. The second-order valence-corrected chi connectivity index (χ2v) is 5.76. The molecule has 0 aliphatic rings. The zero-order chi connectivity index (χ0) is 15.8. The largest absolute Gasteiger partial charge is 0.355 e. The van der Waals surface area contributed by atoms with Gasteiger partial charge in [0.1, 0.15) is 11.1 Å². The number of carbonyl (C=O) groups is 1. The topological polar surface area (TPSA) is 65.8 Å². The first-order valence-electron chi connectivity index (χ1n) is 7.00. The molecule has 0 atom stereocenters. The van der Waals surface area contributed by atoms with Gasteiger partial charge in [0.05, 0.1) is 11.3 Å². The Morgan fingerprint density at radius 1 is 1.27 bits per heavy atom. The quantitative estimate of drug-likeness (QED) is 0.833. The Hall–Kier alpha value is -2.32. The number of nitriles is 1. The third-order valence-corrected chi connectivity index (χ3v) is 4.03. The van der Waals surface area contributed by atoms with Crippen molar-refractivity contribution < 1.29 is 4.79 Å². The molecule has 1 amide bonds. The molecule has 1 heterocycles. The number of amides is 1. The van der Waals surface area contributed by atoms with Crippen LogP contribution in [0.4, 0.5) is 0 Å². The van der Waals surface area contributed by atoms with E-state index in [9.17, 15) is 4.79 Å². The number of nitrogens with one attached hydrogen (secondary N) is 1. The molecule has 2 aromatic rings. The minimum absolute atomic E-state index is 0.0480. The van der Waals surface area contributed by atoms with Crippen LogP contribution in [-0.4, -0.2) is 23.2 Å². The summed E-state index contributed by atoms with van der Waals surface area (Å²) in [6.07, 6.45) is 0.809. The van der Waals surface area contributed by atoms with Gasteiger partial charge in [0.15, 0.2) is 0 Å². The minimum atomic E-state index is -0.0480. The number of aromatic nitrogens is 1. The molecule has 112 valence electrons. The van der Waals surface area contributed by atoms with Gasteiger partial charge < -0.3 is 5.32 Å². The molecule has 0 radical (unpaired) electrons. The summed E-state index contributed by atoms with van der Waals surface area (Å²) in [4.78, 5) is 16.2. The van der Waals surface area contributed by atoms with Gasteiger partial charge in [-0.1, -0.05) is 42.1 Å². The molecule has 0 spiro atoms. The van der Waals surface area contributed by atoms with Gasteiger partial charge in [-0.3, -0.25) is 4.79 Å². The Kier molecular flexibility index (Phi) is 5.99. The minimum Gasteiger partial charge on any atom is -0.355 e. The average molecular weight is 311 g/mol. The second kappa shape index (κ2) is 8.20. The van der Waals surface area contributed by atoms with Crippen molar-refractivity contribution in [3.63, 3.8) is 0 Å². The first-order valence-corrected chi connectivity index (χ1v) is 7.99. The van der Waals surface area contributed by atoms with E-state index >= 15 is 0 Å². The zero-order valence-electron chi connectivity index (χ0n) is 12.4. The van der Waals surface area contributed by atoms with Gasteiger partial charge in [-0.15, -0.1) is 0 Å². The lowest BCUT2D eigenvalue weighted by Gasteiger charge is -2.06. The van der Waals surface area contributed by atoms with Gasteiger partial charge in [0.25, 0.3) is 0 Å². The Labute approximate surface area is 134 Å². The predicted molar refractivity (Wildman–Crippen MR) is 87.6 cm³/mol. The molecule has 1 N–H and O–H groups in total. The van der Waals surface area contributed by atoms with Gasteiger partial charge in [-0.25, -0.2) is 4.98 Å². The number of benzene rings is 1. The molecular formula is C17H17N3OS. The lowest BCUT2D eigenvalue weighted by Crippen LogP contribution is -2.27. The van der Waals surface area contributed by atoms with E-state index in [1.54, 1.807) is 12.1 Å². The Balaban J connectivity index is 1.79. The number of pyridine rings is 1. The normalized spacial score (nSPS) is 10.0. The fraction of sp³-hybridized carbons (Fsp3) is 0.235. The summed E-state index contributed by atoms with van der Waals surface area (Å²) in [6.45, 7) is 2.47. The maximum atomic E-state index is 11.8. The Morgan fingerprint density at radius 3 is 2.77 bits per heavy atom. The van der Waals surface area contributed by atoms with Crippen LogP contribution in [0.2, 0.25) is 0 Å². The SMILES string of the molecule is Cc1ccc(C#N)c(SCC(=O)NCCc2ccccc2)n1. The van der Waals surface area contributed by atoms with Gasteiger partial charge in [0.2, 0.25) is 5.91 Å². The highest BCUT2D eigenvalue weighted by Gasteiger charge is 2.08. The molecule has 4 nitrogen and oxygen atoms in total. The molecule has 0 saturated carbocycles. The number of rotatable bonds is 6. The predicted octanol–water partition coefficient (Wildman–Crippen LogP) is 2.71. The Morgan fingerprint density at radius 2 is 2.05 bits per heavy atom. The third kappa shape index (κ3) is 4.90. The van der Waals surface area contributed by atoms with Crippen LogP contribution in [0.1, 0.15) is 16.8 Å². The summed E-state index contributed by atoms with van der Waals surface area (Å²) in [7, 11) is 0. The van der Waals surface area contributed by atoms with Crippen LogP contribution in [0.5, 0.6) is 0 Å². The van der Waals surface area contributed by atoms with E-state index < -0.39 is 0 Å². The fourth-order valence-electron chi connectivity index (χ4n) is 1.90. The van der Waals surface area contributed by atoms with Crippen LogP contribution in [0.25, 0.3) is 0 Å². The number of nitrogens with zero attached hydrogens (tertiary/aromatic N) is 2. The Bertz CT molecular complexity index is 680. The van der Waals surface area contributed by atoms with Gasteiger partial charge in [-0.05, 0) is 31.0 Å². The van der Waals surface area contributed by atoms with E-state index in [1.165, 1.54) is 17.3 Å². The summed E-state index contributed by atoms with van der Waals surface area (Å²) < 4.78 is 0. The zero-order valence-corrected chi connectivity index (χ0v) is 13.2. The van der Waals surface area contributed by atoms with E-state index in [4.69, 9.17) is 5.26 Å². The van der Waals surface area contributed by atoms with Crippen molar-refractivity contribution in [2.75, 3.05) is 12.3 Å². The molecule has 1 aromatic heterocycles. The molecule has 22 heavy (non-hydrogen) atoms. The smallest absolute Gasteiger partial charge is 0.230 e. The van der Waals surface area contributed by atoms with E-state index in [0.29, 0.717) is 17.1 Å². The molecule has 2 rings (SSSR count). The van der Waals surface area contributed by atoms with Crippen LogP contribution < -0.4 is 5.32 Å². The van der Waals surface area contributed by atoms with Gasteiger partial charge in [-0.2, -0.15) is 5.26 Å². The van der Waals surface area contributed by atoms with Crippen molar-refractivity contribution in [3.8, 4) is 6.07 Å². The molecule has 0 aliphatic carbocycles. The van der Waals surface area contributed by atoms with Crippen LogP contribution in [0.3, 0.4) is 0 Å². The number of hydrogen-bond acceptors (Lipinski definition) is 4. The molecular weight excluding hydrogens is 294 g/mol. The second-order valence-electron chi connectivity index (χ2n) is 4.79. The first kappa shape index (κ1) is 16.1. The molecule has 5 heteroatoms. The van der Waals surface area contributed by atoms with Crippen molar-refractivity contribution >= 4 is 17.7 Å². The summed E-state index contributed by atoms with van der Waals surface area (Å²) >= 11 is 1.29. The van der Waals surface area contributed by atoms with Crippen molar-refractivity contribution in [1.29, 1.82) is 5.26 Å². The molecule has 0 fully saturated rings. The number of thioether (sulfide) groups is 1. The van der Waals surface area contributed by atoms with Gasteiger partial charge >= 0.3 is 0 Å². The van der Waals surface area contributed by atoms with E-state index in [0.717, 1.165) is 12.1 Å². The first-order chi connectivity index (χ1) is 10.7. The summed E-state index contributed by atoms with van der Waals surface area (Å²) in [5.74, 6) is 0.216. The van der Waals surface area contributed by atoms with Crippen molar-refractivity contribution in [3.05, 3.63) is 59.3 Å². The number of carbonyl (C=O) groups excluding carboxylic acids is 1. The van der Waals surface area contributed by atoms with Crippen molar-refractivity contribution in [2.45, 2.75) is 18.4 Å². The summed E-state index contributed by atoms with van der Waals surface area (Å²) in [5, 5.41) is 12.5. The van der Waals surface area contributed by atoms with Crippen LogP contribution >= 0.6 is 11.8 Å². The maximum absolute atomic E-state index is 11.8. The molecule has 0 bridgehead atoms. The van der Waals surface area contributed by atoms with Crippen LogP contribution in [0, 0.1) is 18.3 Å². The van der Waals surface area contributed by atoms with Gasteiger partial charge in [0, 0.05) is 12.2 Å². The lowest BCUT2D eigenvalue weighted by molar-refractivity contribution is -0.118. The third-order valence-electron chi connectivity index (χ3n) is 3.04. The fourth-order valence-corrected chi connectivity index (χ4v) is 2.75. The molecule has 0 saturated heterocycles. The lowest BCUT2D eigenvalue weighted by atomic mass is 10.1. The molecule has 1 aromatic carbocycles. The summed E-state index contributed by atoms with van der Waals surface area (Å²) in [6, 6.07) is 15.6. The van der Waals surface area contributed by atoms with Crippen molar-refractivity contribution in [1.82, 2.24) is 10.3 Å². The monoisotopic (exact) mass is 311 g/mol. The van der Waals surface area contributed by atoms with E-state index in [2.05, 4.69) is 16.4 Å². The average Bonchev–Trinajstić information content (AvgIpc) is 2.54. The highest BCUT2D eigenvalue weighted by molar-refractivity contribution is 8.00. The van der Waals surface area contributed by atoms with E-state index in [-0.39, 0.29) is 11.7 Å². The number of hydrogen-bond donors (Lipinski definition) is 1. The summed E-state index contributed by atoms with van der Waals surface area (Å²) in [5.41, 5.74) is 2.54. The standard InChI is InChI=1S/C17H17N3OS/c1-13-7-8-15(11-18)17(20-13)22-12-16(21)19-10-9-14-5-3-2-4-6-14/h2-8H,9-10,12H2,1H3,(H,19,21). The maximum Gasteiger partial charge on any atom is 0.230 e. The van der Waals surface area contributed by atoms with Crippen molar-refractivity contribution in [2.24, 2.45) is 0 Å². The highest BCUT2D eigenvalue weighted by atomic mass is 32.2. The van der Waals surface area contributed by atoms with Crippen LogP contribution in [0.15, 0.2) is 47.5 Å².